The molecule has 3 rings (SSSR count). The van der Waals surface area contributed by atoms with Crippen LogP contribution < -0.4 is 5.43 Å². The summed E-state index contributed by atoms with van der Waals surface area (Å²) in [6.45, 7) is 0. The average Bonchev–Trinajstić information content (AvgIpc) is 2.46. The number of hydrogen-bond donors (Lipinski definition) is 2. The van der Waals surface area contributed by atoms with Gasteiger partial charge in [-0.3, -0.25) is 4.79 Å². The number of rotatable bonds is 1. The quantitative estimate of drug-likeness (QED) is 0.716. The summed E-state index contributed by atoms with van der Waals surface area (Å²) in [5, 5.41) is 10.3. The molecule has 3 nitrogen and oxygen atoms in total. The number of alkyl halides is 3. The molecule has 6 heteroatoms. The highest BCUT2D eigenvalue weighted by Gasteiger charge is 2.31. The second-order valence-corrected chi connectivity index (χ2v) is 4.82. The maximum absolute atomic E-state index is 12.8. The van der Waals surface area contributed by atoms with Crippen LogP contribution in [-0.4, -0.2) is 10.1 Å². The topological polar surface area (TPSA) is 53.1 Å². The van der Waals surface area contributed by atoms with Gasteiger partial charge in [-0.1, -0.05) is 12.1 Å². The van der Waals surface area contributed by atoms with Crippen LogP contribution in [0, 0.1) is 0 Å². The number of H-pyrrole nitrogens is 1. The molecule has 0 aliphatic carbocycles. The molecule has 3 aromatic rings. The summed E-state index contributed by atoms with van der Waals surface area (Å²) >= 11 is 0. The van der Waals surface area contributed by atoms with E-state index in [0.717, 1.165) is 18.2 Å². The number of para-hydroxylation sites is 1. The van der Waals surface area contributed by atoms with Gasteiger partial charge in [0.1, 0.15) is 5.75 Å². The van der Waals surface area contributed by atoms with Crippen molar-refractivity contribution in [3.05, 3.63) is 64.3 Å². The fraction of sp³-hybridized carbons (Fsp3) is 0.0625. The molecule has 0 aliphatic rings. The molecule has 22 heavy (non-hydrogen) atoms. The van der Waals surface area contributed by atoms with Gasteiger partial charge in [-0.15, -0.1) is 0 Å². The molecule has 0 fully saturated rings. The molecule has 112 valence electrons. The molecule has 0 unspecified atom stereocenters. The average molecular weight is 305 g/mol. The lowest BCUT2D eigenvalue weighted by molar-refractivity contribution is -0.137. The molecule has 0 saturated carbocycles. The number of benzene rings is 2. The number of aromatic hydroxyl groups is 1. The molecular weight excluding hydrogens is 295 g/mol. The van der Waals surface area contributed by atoms with Crippen LogP contribution in [0.25, 0.3) is 22.2 Å². The van der Waals surface area contributed by atoms with Gasteiger partial charge < -0.3 is 10.1 Å². The van der Waals surface area contributed by atoms with Gasteiger partial charge in [0.05, 0.1) is 11.3 Å². The monoisotopic (exact) mass is 305 g/mol. The molecule has 1 heterocycles. The van der Waals surface area contributed by atoms with Crippen molar-refractivity contribution in [3.8, 4) is 17.0 Å². The van der Waals surface area contributed by atoms with Crippen molar-refractivity contribution >= 4 is 10.9 Å². The van der Waals surface area contributed by atoms with Crippen molar-refractivity contribution in [2.24, 2.45) is 0 Å². The minimum atomic E-state index is -4.53. The first-order valence-corrected chi connectivity index (χ1v) is 6.39. The number of hydrogen-bond acceptors (Lipinski definition) is 2. The van der Waals surface area contributed by atoms with Gasteiger partial charge in [-0.25, -0.2) is 0 Å². The van der Waals surface area contributed by atoms with E-state index in [0.29, 0.717) is 10.9 Å². The van der Waals surface area contributed by atoms with Gasteiger partial charge in [0.2, 0.25) is 0 Å². The smallest absolute Gasteiger partial charge is 0.416 e. The number of aromatic amines is 1. The molecule has 0 radical (unpaired) electrons. The molecule has 2 N–H and O–H groups in total. The lowest BCUT2D eigenvalue weighted by atomic mass is 10.0. The minimum absolute atomic E-state index is 0.0716. The first kappa shape index (κ1) is 14.2. The van der Waals surface area contributed by atoms with Crippen LogP contribution in [0.2, 0.25) is 0 Å². The summed E-state index contributed by atoms with van der Waals surface area (Å²) in [6, 6.07) is 10.4. The van der Waals surface area contributed by atoms with Crippen LogP contribution in [0.4, 0.5) is 13.2 Å². The Labute approximate surface area is 122 Å². The van der Waals surface area contributed by atoms with Crippen LogP contribution in [0.15, 0.2) is 53.3 Å². The van der Waals surface area contributed by atoms with Crippen molar-refractivity contribution in [1.82, 2.24) is 4.98 Å². The SMILES string of the molecule is O=c1cc(-c2cc(C(F)(F)F)ccc2O)[nH]c2ccccc12. The number of pyridine rings is 1. The molecule has 0 saturated heterocycles. The normalized spacial score (nSPS) is 11.8. The molecule has 0 atom stereocenters. The van der Waals surface area contributed by atoms with Crippen LogP contribution >= 0.6 is 0 Å². The summed E-state index contributed by atoms with van der Waals surface area (Å²) in [5.74, 6) is -0.334. The summed E-state index contributed by atoms with van der Waals surface area (Å²) < 4.78 is 38.4. The fourth-order valence-corrected chi connectivity index (χ4v) is 2.27. The molecule has 0 aliphatic heterocycles. The Morgan fingerprint density at radius 3 is 2.45 bits per heavy atom. The van der Waals surface area contributed by atoms with E-state index in [2.05, 4.69) is 4.98 Å². The van der Waals surface area contributed by atoms with E-state index in [1.165, 1.54) is 6.07 Å². The van der Waals surface area contributed by atoms with E-state index in [4.69, 9.17) is 0 Å². The lowest BCUT2D eigenvalue weighted by Crippen LogP contribution is -2.06. The Morgan fingerprint density at radius 2 is 1.73 bits per heavy atom. The third-order valence-electron chi connectivity index (χ3n) is 3.35. The molecule has 1 aromatic heterocycles. The van der Waals surface area contributed by atoms with Gasteiger partial charge in [-0.05, 0) is 30.3 Å². The number of phenols is 1. The maximum atomic E-state index is 12.8. The first-order chi connectivity index (χ1) is 10.4. The number of nitrogens with one attached hydrogen (secondary N) is 1. The lowest BCUT2D eigenvalue weighted by Gasteiger charge is -2.11. The Morgan fingerprint density at radius 1 is 1.00 bits per heavy atom. The highest BCUT2D eigenvalue weighted by Crippen LogP contribution is 2.36. The standard InChI is InChI=1S/C16H10F3NO2/c17-16(18,19)9-5-6-14(21)11(7-9)13-8-15(22)10-3-1-2-4-12(10)20-13/h1-8,21H,(H,20,22). The Bertz CT molecular complexity index is 913. The van der Waals surface area contributed by atoms with E-state index in [-0.39, 0.29) is 22.4 Å². The van der Waals surface area contributed by atoms with Crippen LogP contribution in [-0.2, 0) is 6.18 Å². The molecule has 0 amide bonds. The van der Waals surface area contributed by atoms with Gasteiger partial charge in [0.15, 0.2) is 5.43 Å². The highest BCUT2D eigenvalue weighted by atomic mass is 19.4. The van der Waals surface area contributed by atoms with Crippen LogP contribution in [0.3, 0.4) is 0 Å². The van der Waals surface area contributed by atoms with Crippen molar-refractivity contribution < 1.29 is 18.3 Å². The second kappa shape index (κ2) is 4.91. The third kappa shape index (κ3) is 2.43. The number of phenolic OH excluding ortho intramolecular Hbond substituents is 1. The largest absolute Gasteiger partial charge is 0.507 e. The maximum Gasteiger partial charge on any atom is 0.416 e. The molecule has 0 spiro atoms. The van der Waals surface area contributed by atoms with Crippen molar-refractivity contribution in [3.63, 3.8) is 0 Å². The molecule has 0 bridgehead atoms. The van der Waals surface area contributed by atoms with E-state index >= 15 is 0 Å². The van der Waals surface area contributed by atoms with Gasteiger partial charge >= 0.3 is 6.18 Å². The summed E-state index contributed by atoms with van der Waals surface area (Å²) in [7, 11) is 0. The van der Waals surface area contributed by atoms with E-state index in [1.807, 2.05) is 0 Å². The second-order valence-electron chi connectivity index (χ2n) is 4.82. The van der Waals surface area contributed by atoms with Gasteiger partial charge in [0, 0.05) is 22.5 Å². The Hall–Kier alpha value is -2.76. The summed E-state index contributed by atoms with van der Waals surface area (Å²) in [5.41, 5.74) is -0.678. The number of halogens is 3. The van der Waals surface area contributed by atoms with Crippen LogP contribution in [0.1, 0.15) is 5.56 Å². The predicted molar refractivity (Wildman–Crippen MR) is 76.7 cm³/mol. The molecule has 2 aromatic carbocycles. The third-order valence-corrected chi connectivity index (χ3v) is 3.35. The van der Waals surface area contributed by atoms with E-state index in [9.17, 15) is 23.1 Å². The summed E-state index contributed by atoms with van der Waals surface area (Å²) in [4.78, 5) is 14.9. The Kier molecular flexibility index (Phi) is 3.16. The fourth-order valence-electron chi connectivity index (χ4n) is 2.27. The Balaban J connectivity index is 2.25. The minimum Gasteiger partial charge on any atom is -0.507 e. The van der Waals surface area contributed by atoms with Crippen LogP contribution in [0.5, 0.6) is 5.75 Å². The first-order valence-electron chi connectivity index (χ1n) is 6.39. The van der Waals surface area contributed by atoms with Crippen molar-refractivity contribution in [2.45, 2.75) is 6.18 Å². The zero-order chi connectivity index (χ0) is 15.9. The molecular formula is C16H10F3NO2. The number of fused-ring (bicyclic) bond motifs is 1. The predicted octanol–water partition coefficient (Wildman–Crippen LogP) is 3.92. The van der Waals surface area contributed by atoms with E-state index < -0.39 is 11.7 Å². The summed E-state index contributed by atoms with van der Waals surface area (Å²) in [6.07, 6.45) is -4.53. The van der Waals surface area contributed by atoms with Crippen molar-refractivity contribution in [2.75, 3.05) is 0 Å². The van der Waals surface area contributed by atoms with Gasteiger partial charge in [0.25, 0.3) is 0 Å². The van der Waals surface area contributed by atoms with Gasteiger partial charge in [-0.2, -0.15) is 13.2 Å². The van der Waals surface area contributed by atoms with Crippen molar-refractivity contribution in [1.29, 1.82) is 0 Å². The van der Waals surface area contributed by atoms with E-state index in [1.54, 1.807) is 24.3 Å². The zero-order valence-corrected chi connectivity index (χ0v) is 11.1. The number of aromatic nitrogens is 1. The zero-order valence-electron chi connectivity index (χ0n) is 11.1. The highest BCUT2D eigenvalue weighted by molar-refractivity contribution is 5.82.